The van der Waals surface area contributed by atoms with Crippen LogP contribution in [0.1, 0.15) is 12.0 Å². The number of sulfonamides is 1. The lowest BCUT2D eigenvalue weighted by atomic mass is 10.2. The van der Waals surface area contributed by atoms with Crippen LogP contribution in [-0.2, 0) is 19.6 Å². The topological polar surface area (TPSA) is 116 Å². The molecule has 1 aromatic carbocycles. The first-order chi connectivity index (χ1) is 9.31. The third-order valence-electron chi connectivity index (χ3n) is 2.90. The van der Waals surface area contributed by atoms with Gasteiger partial charge in [0.2, 0.25) is 10.0 Å². The van der Waals surface area contributed by atoms with E-state index in [1.165, 1.54) is 19.1 Å². The molecule has 0 saturated carbocycles. The number of nitro groups is 1. The summed E-state index contributed by atoms with van der Waals surface area (Å²) < 4.78 is 31.2. The lowest BCUT2D eigenvalue weighted by molar-refractivity contribution is -0.385. The van der Waals surface area contributed by atoms with Crippen LogP contribution in [0.5, 0.6) is 0 Å². The van der Waals surface area contributed by atoms with E-state index in [2.05, 4.69) is 9.46 Å². The van der Waals surface area contributed by atoms with Gasteiger partial charge in [0, 0.05) is 18.6 Å². The molecule has 0 radical (unpaired) electrons. The molecule has 0 amide bonds. The molecular formula is C11H12N2O6S. The van der Waals surface area contributed by atoms with Gasteiger partial charge in [-0.3, -0.25) is 14.9 Å². The Balaban J connectivity index is 2.36. The van der Waals surface area contributed by atoms with Gasteiger partial charge in [-0.05, 0) is 12.5 Å². The lowest BCUT2D eigenvalue weighted by Gasteiger charge is -2.11. The summed E-state index contributed by atoms with van der Waals surface area (Å²) in [6.45, 7) is 1.67. The van der Waals surface area contributed by atoms with Crippen LogP contribution in [0, 0.1) is 17.0 Å². The average molecular weight is 300 g/mol. The van der Waals surface area contributed by atoms with Crippen molar-refractivity contribution in [1.82, 2.24) is 4.72 Å². The zero-order chi connectivity index (χ0) is 14.9. The molecule has 0 aromatic heterocycles. The van der Waals surface area contributed by atoms with Crippen LogP contribution in [0.15, 0.2) is 23.1 Å². The van der Waals surface area contributed by atoms with E-state index < -0.39 is 27.0 Å². The van der Waals surface area contributed by atoms with Gasteiger partial charge in [0.05, 0.1) is 16.4 Å². The lowest BCUT2D eigenvalue weighted by Crippen LogP contribution is -2.38. The monoisotopic (exact) mass is 300 g/mol. The number of benzene rings is 1. The SMILES string of the molecule is Cc1ccc([N+](=O)[O-])cc1S(=O)(=O)N[C@H]1CCOC1=O. The number of nitrogens with one attached hydrogen (secondary N) is 1. The Labute approximate surface area is 114 Å². The van der Waals surface area contributed by atoms with E-state index in [9.17, 15) is 23.3 Å². The van der Waals surface area contributed by atoms with Crippen molar-refractivity contribution in [2.45, 2.75) is 24.3 Å². The largest absolute Gasteiger partial charge is 0.464 e. The first-order valence-corrected chi connectivity index (χ1v) is 7.23. The fourth-order valence-electron chi connectivity index (χ4n) is 1.85. The van der Waals surface area contributed by atoms with Crippen molar-refractivity contribution < 1.29 is 22.9 Å². The van der Waals surface area contributed by atoms with E-state index in [0.717, 1.165) is 6.07 Å². The summed E-state index contributed by atoms with van der Waals surface area (Å²) in [7, 11) is -4.02. The van der Waals surface area contributed by atoms with E-state index in [4.69, 9.17) is 0 Å². The van der Waals surface area contributed by atoms with Gasteiger partial charge in [-0.15, -0.1) is 0 Å². The number of carbonyl (C=O) groups excluding carboxylic acids is 1. The van der Waals surface area contributed by atoms with Crippen LogP contribution < -0.4 is 4.72 Å². The summed E-state index contributed by atoms with van der Waals surface area (Å²) in [5.41, 5.74) is 0.0273. The van der Waals surface area contributed by atoms with Gasteiger partial charge in [-0.1, -0.05) is 6.07 Å². The molecule has 1 saturated heterocycles. The van der Waals surface area contributed by atoms with Gasteiger partial charge < -0.3 is 4.74 Å². The first kappa shape index (κ1) is 14.4. The second kappa shape index (κ2) is 5.17. The Kier molecular flexibility index (Phi) is 3.73. The van der Waals surface area contributed by atoms with Crippen molar-refractivity contribution in [3.05, 3.63) is 33.9 Å². The number of esters is 1. The molecule has 108 valence electrons. The van der Waals surface area contributed by atoms with E-state index >= 15 is 0 Å². The predicted molar refractivity (Wildman–Crippen MR) is 67.5 cm³/mol. The van der Waals surface area contributed by atoms with Gasteiger partial charge in [0.15, 0.2) is 0 Å². The van der Waals surface area contributed by atoms with Gasteiger partial charge in [-0.2, -0.15) is 4.72 Å². The molecule has 0 aliphatic carbocycles. The number of hydrogen-bond acceptors (Lipinski definition) is 6. The highest BCUT2D eigenvalue weighted by atomic mass is 32.2. The normalized spacial score (nSPS) is 18.9. The number of non-ortho nitro benzene ring substituents is 1. The molecule has 0 spiro atoms. The minimum atomic E-state index is -4.02. The zero-order valence-electron chi connectivity index (χ0n) is 10.5. The molecule has 1 aliphatic rings. The van der Waals surface area contributed by atoms with Crippen molar-refractivity contribution >= 4 is 21.7 Å². The van der Waals surface area contributed by atoms with Crippen LogP contribution in [0.4, 0.5) is 5.69 Å². The van der Waals surface area contributed by atoms with E-state index in [1.807, 2.05) is 0 Å². The van der Waals surface area contributed by atoms with Crippen LogP contribution in [0.25, 0.3) is 0 Å². The zero-order valence-corrected chi connectivity index (χ0v) is 11.3. The van der Waals surface area contributed by atoms with E-state index in [-0.39, 0.29) is 23.6 Å². The maximum absolute atomic E-state index is 12.2. The number of rotatable bonds is 4. The van der Waals surface area contributed by atoms with Crippen molar-refractivity contribution in [3.63, 3.8) is 0 Å². The third kappa shape index (κ3) is 2.78. The molecule has 1 atom stereocenters. The molecule has 0 bridgehead atoms. The van der Waals surface area contributed by atoms with Crippen molar-refractivity contribution in [2.75, 3.05) is 6.61 Å². The van der Waals surface area contributed by atoms with Crippen LogP contribution in [-0.4, -0.2) is 32.0 Å². The van der Waals surface area contributed by atoms with Crippen molar-refractivity contribution in [1.29, 1.82) is 0 Å². The number of nitro benzene ring substituents is 1. The Morgan fingerprint density at radius 3 is 2.70 bits per heavy atom. The molecule has 1 aliphatic heterocycles. The van der Waals surface area contributed by atoms with E-state index in [1.54, 1.807) is 0 Å². The number of hydrogen-bond donors (Lipinski definition) is 1. The highest BCUT2D eigenvalue weighted by molar-refractivity contribution is 7.89. The Hall–Kier alpha value is -2.00. The van der Waals surface area contributed by atoms with Crippen molar-refractivity contribution in [2.24, 2.45) is 0 Å². The first-order valence-electron chi connectivity index (χ1n) is 5.75. The summed E-state index contributed by atoms with van der Waals surface area (Å²) in [6.07, 6.45) is 0.242. The summed E-state index contributed by atoms with van der Waals surface area (Å²) in [6, 6.07) is 2.59. The molecule has 0 unspecified atom stereocenters. The average Bonchev–Trinajstić information content (AvgIpc) is 2.74. The molecule has 1 heterocycles. The minimum absolute atomic E-state index is 0.153. The van der Waals surface area contributed by atoms with Gasteiger partial charge in [0.25, 0.3) is 5.69 Å². The van der Waals surface area contributed by atoms with Crippen LogP contribution in [0.2, 0.25) is 0 Å². The van der Waals surface area contributed by atoms with Crippen LogP contribution >= 0.6 is 0 Å². The molecule has 2 rings (SSSR count). The summed E-state index contributed by atoms with van der Waals surface area (Å²) in [5, 5.41) is 10.7. The molecule has 9 heteroatoms. The van der Waals surface area contributed by atoms with Gasteiger partial charge in [-0.25, -0.2) is 8.42 Å². The molecule has 1 aromatic rings. The Bertz CT molecular complexity index is 669. The van der Waals surface area contributed by atoms with Crippen LogP contribution in [0.3, 0.4) is 0 Å². The second-order valence-corrected chi connectivity index (χ2v) is 6.02. The molecule has 1 N–H and O–H groups in total. The van der Waals surface area contributed by atoms with Crippen molar-refractivity contribution in [3.8, 4) is 0 Å². The smallest absolute Gasteiger partial charge is 0.324 e. The Morgan fingerprint density at radius 1 is 1.45 bits per heavy atom. The Morgan fingerprint density at radius 2 is 2.15 bits per heavy atom. The summed E-state index contributed by atoms with van der Waals surface area (Å²) in [4.78, 5) is 21.1. The summed E-state index contributed by atoms with van der Waals surface area (Å²) >= 11 is 0. The quantitative estimate of drug-likeness (QED) is 0.491. The fourth-order valence-corrected chi connectivity index (χ4v) is 3.33. The standard InChI is InChI=1S/C11H12N2O6S/c1-7-2-3-8(13(15)16)6-10(7)20(17,18)12-9-4-5-19-11(9)14/h2-3,6,9,12H,4-5H2,1H3/t9-/m0/s1. The predicted octanol–water partition coefficient (Wildman–Crippen LogP) is 0.497. The third-order valence-corrected chi connectivity index (χ3v) is 4.52. The number of ether oxygens (including phenoxy) is 1. The number of cyclic esters (lactones) is 1. The number of carbonyl (C=O) groups is 1. The highest BCUT2D eigenvalue weighted by Gasteiger charge is 2.32. The summed E-state index contributed by atoms with van der Waals surface area (Å²) in [5.74, 6) is -0.642. The second-order valence-electron chi connectivity index (χ2n) is 4.34. The minimum Gasteiger partial charge on any atom is -0.464 e. The van der Waals surface area contributed by atoms with E-state index in [0.29, 0.717) is 5.56 Å². The number of nitrogens with zero attached hydrogens (tertiary/aromatic N) is 1. The maximum atomic E-state index is 12.2. The fraction of sp³-hybridized carbons (Fsp3) is 0.364. The molecule has 1 fully saturated rings. The number of aryl methyl sites for hydroxylation is 1. The molecular weight excluding hydrogens is 288 g/mol. The maximum Gasteiger partial charge on any atom is 0.324 e. The highest BCUT2D eigenvalue weighted by Crippen LogP contribution is 2.22. The molecule has 20 heavy (non-hydrogen) atoms. The van der Waals surface area contributed by atoms with Gasteiger partial charge >= 0.3 is 5.97 Å². The van der Waals surface area contributed by atoms with Gasteiger partial charge in [0.1, 0.15) is 6.04 Å². The molecule has 8 nitrogen and oxygen atoms in total.